The molecule has 0 unspecified atom stereocenters. The maximum Gasteiger partial charge on any atom is 0.326 e. The molecule has 1 heterocycles. The number of esters is 1. The predicted molar refractivity (Wildman–Crippen MR) is 85.7 cm³/mol. The number of carbonyl (C=O) groups excluding carboxylic acids is 1. The summed E-state index contributed by atoms with van der Waals surface area (Å²) in [7, 11) is 0. The van der Waals surface area contributed by atoms with Crippen molar-refractivity contribution in [3.05, 3.63) is 64.9 Å². The summed E-state index contributed by atoms with van der Waals surface area (Å²) in [4.78, 5) is 16.5. The van der Waals surface area contributed by atoms with Crippen LogP contribution in [0, 0.1) is 6.92 Å². The molecule has 2 aromatic carbocycles. The van der Waals surface area contributed by atoms with Crippen molar-refractivity contribution in [1.29, 1.82) is 0 Å². The molecule has 0 saturated carbocycles. The molecule has 0 aliphatic rings. The van der Waals surface area contributed by atoms with Gasteiger partial charge in [-0.1, -0.05) is 35.9 Å². The van der Waals surface area contributed by atoms with E-state index in [1.807, 2.05) is 47.9 Å². The summed E-state index contributed by atoms with van der Waals surface area (Å²) < 4.78 is 7.17. The quantitative estimate of drug-likeness (QED) is 0.689. The van der Waals surface area contributed by atoms with E-state index < -0.39 is 0 Å². The summed E-state index contributed by atoms with van der Waals surface area (Å²) in [5, 5.41) is 0.630. The molecule has 0 atom stereocenters. The van der Waals surface area contributed by atoms with Gasteiger partial charge in [0.15, 0.2) is 0 Å². The highest BCUT2D eigenvalue weighted by atomic mass is 35.5. The van der Waals surface area contributed by atoms with Crippen molar-refractivity contribution in [3.63, 3.8) is 0 Å². The van der Waals surface area contributed by atoms with Gasteiger partial charge in [-0.25, -0.2) is 4.98 Å². The van der Waals surface area contributed by atoms with E-state index in [1.54, 1.807) is 12.1 Å². The first-order chi connectivity index (χ1) is 10.6. The van der Waals surface area contributed by atoms with Gasteiger partial charge in [-0.3, -0.25) is 4.79 Å². The Morgan fingerprint density at radius 1 is 1.23 bits per heavy atom. The van der Waals surface area contributed by atoms with Gasteiger partial charge in [-0.15, -0.1) is 0 Å². The van der Waals surface area contributed by atoms with Crippen molar-refractivity contribution in [3.8, 4) is 0 Å². The van der Waals surface area contributed by atoms with Crippen molar-refractivity contribution >= 4 is 28.6 Å². The average Bonchev–Trinajstić information content (AvgIpc) is 2.81. The van der Waals surface area contributed by atoms with Crippen LogP contribution in [0.15, 0.2) is 48.5 Å². The highest BCUT2D eigenvalue weighted by Crippen LogP contribution is 2.16. The SMILES string of the molecule is Cc1nc2ccccc2n1CC(=O)OCc1cccc(Cl)c1. The van der Waals surface area contributed by atoms with Crippen LogP contribution in [0.2, 0.25) is 5.02 Å². The van der Waals surface area contributed by atoms with Gasteiger partial charge in [0.2, 0.25) is 0 Å². The Morgan fingerprint density at radius 2 is 2.05 bits per heavy atom. The molecule has 0 saturated heterocycles. The van der Waals surface area contributed by atoms with Gasteiger partial charge < -0.3 is 9.30 Å². The molecule has 0 fully saturated rings. The number of fused-ring (bicyclic) bond motifs is 1. The number of ether oxygens (including phenoxy) is 1. The van der Waals surface area contributed by atoms with E-state index in [1.165, 1.54) is 0 Å². The van der Waals surface area contributed by atoms with E-state index in [9.17, 15) is 4.79 Å². The lowest BCUT2D eigenvalue weighted by atomic mass is 10.2. The molecule has 0 amide bonds. The first-order valence-corrected chi connectivity index (χ1v) is 7.33. The summed E-state index contributed by atoms with van der Waals surface area (Å²) in [5.74, 6) is 0.493. The van der Waals surface area contributed by atoms with Gasteiger partial charge in [-0.05, 0) is 36.8 Å². The molecular formula is C17H15ClN2O2. The summed E-state index contributed by atoms with van der Waals surface area (Å²) in [6.45, 7) is 2.24. The molecule has 112 valence electrons. The highest BCUT2D eigenvalue weighted by Gasteiger charge is 2.11. The largest absolute Gasteiger partial charge is 0.459 e. The third-order valence-corrected chi connectivity index (χ3v) is 3.66. The number of benzene rings is 2. The fourth-order valence-corrected chi connectivity index (χ4v) is 2.57. The van der Waals surface area contributed by atoms with Crippen LogP contribution >= 0.6 is 11.6 Å². The zero-order valence-electron chi connectivity index (χ0n) is 12.1. The monoisotopic (exact) mass is 314 g/mol. The van der Waals surface area contributed by atoms with Crippen LogP contribution in [-0.2, 0) is 22.7 Å². The number of nitrogens with zero attached hydrogens (tertiary/aromatic N) is 2. The molecule has 0 aliphatic carbocycles. The van der Waals surface area contributed by atoms with Crippen molar-refractivity contribution in [2.45, 2.75) is 20.1 Å². The third kappa shape index (κ3) is 3.12. The van der Waals surface area contributed by atoms with Crippen LogP contribution in [0.3, 0.4) is 0 Å². The number of aromatic nitrogens is 2. The molecule has 22 heavy (non-hydrogen) atoms. The minimum absolute atomic E-state index is 0.146. The Morgan fingerprint density at radius 3 is 2.86 bits per heavy atom. The highest BCUT2D eigenvalue weighted by molar-refractivity contribution is 6.30. The molecule has 0 radical (unpaired) electrons. The van der Waals surface area contributed by atoms with Gasteiger partial charge in [0, 0.05) is 5.02 Å². The van der Waals surface area contributed by atoms with E-state index in [0.29, 0.717) is 5.02 Å². The van der Waals surface area contributed by atoms with Crippen LogP contribution in [0.1, 0.15) is 11.4 Å². The molecule has 5 heteroatoms. The Balaban J connectivity index is 1.70. The van der Waals surface area contributed by atoms with Crippen molar-refractivity contribution < 1.29 is 9.53 Å². The number of carbonyl (C=O) groups is 1. The molecule has 1 aromatic heterocycles. The van der Waals surface area contributed by atoms with Gasteiger partial charge in [0.25, 0.3) is 0 Å². The maximum atomic E-state index is 12.1. The predicted octanol–water partition coefficient (Wildman–Crippen LogP) is 3.74. The second-order valence-corrected chi connectivity index (χ2v) is 5.46. The van der Waals surface area contributed by atoms with Gasteiger partial charge >= 0.3 is 5.97 Å². The number of hydrogen-bond donors (Lipinski definition) is 0. The van der Waals surface area contributed by atoms with E-state index in [-0.39, 0.29) is 19.1 Å². The van der Waals surface area contributed by atoms with Crippen molar-refractivity contribution in [2.24, 2.45) is 0 Å². The number of halogens is 1. The molecule has 0 aliphatic heterocycles. The molecule has 0 N–H and O–H groups in total. The molecule has 0 bridgehead atoms. The molecule has 0 spiro atoms. The summed E-state index contributed by atoms with van der Waals surface area (Å²) in [6.07, 6.45) is 0. The molecular weight excluding hydrogens is 300 g/mol. The van der Waals surface area contributed by atoms with Crippen LogP contribution in [-0.4, -0.2) is 15.5 Å². The van der Waals surface area contributed by atoms with Gasteiger partial charge in [0.1, 0.15) is 19.0 Å². The standard InChI is InChI=1S/C17H15ClN2O2/c1-12-19-15-7-2-3-8-16(15)20(12)10-17(21)22-11-13-5-4-6-14(18)9-13/h2-9H,10-11H2,1H3. The minimum Gasteiger partial charge on any atom is -0.459 e. The zero-order valence-corrected chi connectivity index (χ0v) is 12.9. The van der Waals surface area contributed by atoms with Gasteiger partial charge in [0.05, 0.1) is 11.0 Å². The van der Waals surface area contributed by atoms with Crippen LogP contribution in [0.25, 0.3) is 11.0 Å². The molecule has 4 nitrogen and oxygen atoms in total. The van der Waals surface area contributed by atoms with Crippen molar-refractivity contribution in [1.82, 2.24) is 9.55 Å². The number of imidazole rings is 1. The third-order valence-electron chi connectivity index (χ3n) is 3.42. The second-order valence-electron chi connectivity index (χ2n) is 5.02. The van der Waals surface area contributed by atoms with E-state index in [0.717, 1.165) is 22.4 Å². The zero-order chi connectivity index (χ0) is 15.5. The number of para-hydroxylation sites is 2. The second kappa shape index (κ2) is 6.20. The number of aryl methyl sites for hydroxylation is 1. The Hall–Kier alpha value is -2.33. The van der Waals surface area contributed by atoms with Crippen LogP contribution < -0.4 is 0 Å². The average molecular weight is 315 g/mol. The smallest absolute Gasteiger partial charge is 0.326 e. The number of rotatable bonds is 4. The summed E-state index contributed by atoms with van der Waals surface area (Å²) in [5.41, 5.74) is 2.68. The number of hydrogen-bond acceptors (Lipinski definition) is 3. The minimum atomic E-state index is -0.300. The fraction of sp³-hybridized carbons (Fsp3) is 0.176. The van der Waals surface area contributed by atoms with E-state index in [2.05, 4.69) is 4.98 Å². The Kier molecular flexibility index (Phi) is 4.11. The van der Waals surface area contributed by atoms with Crippen LogP contribution in [0.4, 0.5) is 0 Å². The maximum absolute atomic E-state index is 12.1. The lowest BCUT2D eigenvalue weighted by Crippen LogP contribution is -2.14. The normalized spacial score (nSPS) is 10.8. The first kappa shape index (κ1) is 14.6. The molecule has 3 rings (SSSR count). The first-order valence-electron chi connectivity index (χ1n) is 6.95. The lowest BCUT2D eigenvalue weighted by molar-refractivity contribution is -0.145. The fourth-order valence-electron chi connectivity index (χ4n) is 2.36. The summed E-state index contributed by atoms with van der Waals surface area (Å²) >= 11 is 5.91. The van der Waals surface area contributed by atoms with Gasteiger partial charge in [-0.2, -0.15) is 0 Å². The van der Waals surface area contributed by atoms with Crippen molar-refractivity contribution in [2.75, 3.05) is 0 Å². The lowest BCUT2D eigenvalue weighted by Gasteiger charge is -2.08. The topological polar surface area (TPSA) is 44.1 Å². The van der Waals surface area contributed by atoms with E-state index >= 15 is 0 Å². The van der Waals surface area contributed by atoms with Crippen LogP contribution in [0.5, 0.6) is 0 Å². The summed E-state index contributed by atoms with van der Waals surface area (Å²) in [6, 6.07) is 15.0. The van der Waals surface area contributed by atoms with E-state index in [4.69, 9.17) is 16.3 Å². The molecule has 3 aromatic rings. The Labute approximate surface area is 133 Å². The Bertz CT molecular complexity index is 826.